The molecule has 0 spiro atoms. The number of allylic oxidation sites excluding steroid dienone is 2. The van der Waals surface area contributed by atoms with Gasteiger partial charge in [0.1, 0.15) is 0 Å². The predicted octanol–water partition coefficient (Wildman–Crippen LogP) is 4.60. The summed E-state index contributed by atoms with van der Waals surface area (Å²) in [5.41, 5.74) is 0. The summed E-state index contributed by atoms with van der Waals surface area (Å²) in [6.07, 6.45) is 17.5. The molecule has 0 aliphatic heterocycles. The van der Waals surface area contributed by atoms with E-state index in [-0.39, 0.29) is 5.91 Å². The molecule has 1 amide bonds. The van der Waals surface area contributed by atoms with Crippen molar-refractivity contribution in [2.45, 2.75) is 78.1 Å². The van der Waals surface area contributed by atoms with E-state index in [9.17, 15) is 4.79 Å². The number of unbranched alkanes of at least 4 members (excludes halogenated alkanes) is 8. The zero-order valence-electron chi connectivity index (χ0n) is 12.3. The predicted molar refractivity (Wildman–Crippen MR) is 79.7 cm³/mol. The van der Waals surface area contributed by atoms with Crippen LogP contribution in [0, 0.1) is 0 Å². The van der Waals surface area contributed by atoms with Gasteiger partial charge >= 0.3 is 0 Å². The van der Waals surface area contributed by atoms with Crippen LogP contribution in [0.4, 0.5) is 0 Å². The van der Waals surface area contributed by atoms with Crippen LogP contribution in [0.1, 0.15) is 78.1 Å². The minimum absolute atomic E-state index is 0.0878. The van der Waals surface area contributed by atoms with Gasteiger partial charge in [-0.25, -0.2) is 0 Å². The summed E-state index contributed by atoms with van der Waals surface area (Å²) in [6.45, 7) is 4.66. The van der Waals surface area contributed by atoms with Gasteiger partial charge in [0.2, 0.25) is 5.91 Å². The van der Waals surface area contributed by atoms with Gasteiger partial charge in [-0.1, -0.05) is 57.6 Å². The standard InChI is InChI=1S/C16H31NO/c1-3-4-5-6-7-8-9-10-11-12-13-14-15-17-16(2)18/h6-7H,3-5,8-15H2,1-2H3,(H,17,18)/b7-6-. The average molecular weight is 253 g/mol. The van der Waals surface area contributed by atoms with Crippen molar-refractivity contribution in [3.63, 3.8) is 0 Å². The van der Waals surface area contributed by atoms with Gasteiger partial charge in [0.25, 0.3) is 0 Å². The summed E-state index contributed by atoms with van der Waals surface area (Å²) in [7, 11) is 0. The molecule has 0 aromatic heterocycles. The Morgan fingerprint density at radius 3 is 2.06 bits per heavy atom. The lowest BCUT2D eigenvalue weighted by molar-refractivity contribution is -0.118. The van der Waals surface area contributed by atoms with Crippen molar-refractivity contribution in [3.05, 3.63) is 12.2 Å². The van der Waals surface area contributed by atoms with E-state index < -0.39 is 0 Å². The first-order valence-electron chi connectivity index (χ1n) is 7.66. The summed E-state index contributed by atoms with van der Waals surface area (Å²) in [4.78, 5) is 10.6. The van der Waals surface area contributed by atoms with Crippen LogP contribution in [0.2, 0.25) is 0 Å². The van der Waals surface area contributed by atoms with Gasteiger partial charge in [-0.2, -0.15) is 0 Å². The molecule has 0 aliphatic rings. The molecule has 0 aromatic carbocycles. The molecule has 0 aromatic rings. The first kappa shape index (κ1) is 17.2. The van der Waals surface area contributed by atoms with Gasteiger partial charge in [-0.3, -0.25) is 4.79 Å². The van der Waals surface area contributed by atoms with Gasteiger partial charge in [-0.15, -0.1) is 0 Å². The van der Waals surface area contributed by atoms with E-state index in [0.717, 1.165) is 13.0 Å². The van der Waals surface area contributed by atoms with E-state index in [2.05, 4.69) is 24.4 Å². The summed E-state index contributed by atoms with van der Waals surface area (Å²) in [5, 5.41) is 2.83. The molecule has 0 rings (SSSR count). The topological polar surface area (TPSA) is 29.1 Å². The van der Waals surface area contributed by atoms with Gasteiger partial charge in [0, 0.05) is 13.5 Å². The van der Waals surface area contributed by atoms with Crippen molar-refractivity contribution in [1.29, 1.82) is 0 Å². The number of amides is 1. The zero-order valence-corrected chi connectivity index (χ0v) is 12.3. The normalized spacial score (nSPS) is 11.0. The molecular weight excluding hydrogens is 222 g/mol. The lowest BCUT2D eigenvalue weighted by Crippen LogP contribution is -2.20. The fourth-order valence-corrected chi connectivity index (χ4v) is 1.92. The third kappa shape index (κ3) is 15.2. The van der Waals surface area contributed by atoms with Crippen molar-refractivity contribution in [2.75, 3.05) is 6.54 Å². The van der Waals surface area contributed by atoms with Crippen LogP contribution in [0.15, 0.2) is 12.2 Å². The molecule has 0 unspecified atom stereocenters. The third-order valence-corrected chi connectivity index (χ3v) is 3.06. The minimum Gasteiger partial charge on any atom is -0.356 e. The molecule has 106 valence electrons. The quantitative estimate of drug-likeness (QED) is 0.400. The van der Waals surface area contributed by atoms with Crippen molar-refractivity contribution in [3.8, 4) is 0 Å². The molecule has 0 bridgehead atoms. The van der Waals surface area contributed by atoms with Crippen molar-refractivity contribution < 1.29 is 4.79 Å². The van der Waals surface area contributed by atoms with Crippen LogP contribution in [0.3, 0.4) is 0 Å². The highest BCUT2D eigenvalue weighted by Crippen LogP contribution is 2.07. The first-order valence-corrected chi connectivity index (χ1v) is 7.66. The number of hydrogen-bond donors (Lipinski definition) is 1. The second-order valence-corrected chi connectivity index (χ2v) is 5.01. The molecule has 0 saturated heterocycles. The second-order valence-electron chi connectivity index (χ2n) is 5.01. The summed E-state index contributed by atoms with van der Waals surface area (Å²) >= 11 is 0. The summed E-state index contributed by atoms with van der Waals surface area (Å²) in [6, 6.07) is 0. The van der Waals surface area contributed by atoms with E-state index in [1.807, 2.05) is 0 Å². The minimum atomic E-state index is 0.0878. The average Bonchev–Trinajstić information content (AvgIpc) is 2.34. The molecule has 0 aliphatic carbocycles. The van der Waals surface area contributed by atoms with E-state index in [0.29, 0.717) is 0 Å². The molecule has 2 nitrogen and oxygen atoms in total. The van der Waals surface area contributed by atoms with Crippen LogP contribution in [-0.2, 0) is 4.79 Å². The zero-order chi connectivity index (χ0) is 13.5. The Bertz CT molecular complexity index is 211. The maximum atomic E-state index is 10.6. The van der Waals surface area contributed by atoms with Crippen LogP contribution >= 0.6 is 0 Å². The van der Waals surface area contributed by atoms with Gasteiger partial charge in [0.05, 0.1) is 0 Å². The smallest absolute Gasteiger partial charge is 0.216 e. The number of rotatable bonds is 12. The molecule has 2 heteroatoms. The fourth-order valence-electron chi connectivity index (χ4n) is 1.92. The Labute approximate surface area is 113 Å². The summed E-state index contributed by atoms with van der Waals surface area (Å²) in [5.74, 6) is 0.0878. The SMILES string of the molecule is CCCC/C=C\CCCCCCCCNC(C)=O. The number of carbonyl (C=O) groups is 1. The Balaban J connectivity index is 3.03. The number of carbonyl (C=O) groups excluding carboxylic acids is 1. The van der Waals surface area contributed by atoms with Crippen molar-refractivity contribution in [2.24, 2.45) is 0 Å². The Kier molecular flexibility index (Phi) is 13.6. The van der Waals surface area contributed by atoms with E-state index >= 15 is 0 Å². The Morgan fingerprint density at radius 1 is 0.889 bits per heavy atom. The molecular formula is C16H31NO. The van der Waals surface area contributed by atoms with Gasteiger partial charge < -0.3 is 5.32 Å². The molecule has 0 saturated carbocycles. The van der Waals surface area contributed by atoms with Crippen molar-refractivity contribution >= 4 is 5.91 Å². The lowest BCUT2D eigenvalue weighted by Gasteiger charge is -2.02. The molecule has 0 heterocycles. The van der Waals surface area contributed by atoms with Crippen molar-refractivity contribution in [1.82, 2.24) is 5.32 Å². The molecule has 18 heavy (non-hydrogen) atoms. The molecule has 0 atom stereocenters. The second kappa shape index (κ2) is 14.3. The van der Waals surface area contributed by atoms with Crippen LogP contribution in [0.25, 0.3) is 0 Å². The maximum Gasteiger partial charge on any atom is 0.216 e. The number of hydrogen-bond acceptors (Lipinski definition) is 1. The highest BCUT2D eigenvalue weighted by atomic mass is 16.1. The fraction of sp³-hybridized carbons (Fsp3) is 0.812. The lowest BCUT2D eigenvalue weighted by atomic mass is 10.1. The van der Waals surface area contributed by atoms with E-state index in [1.165, 1.54) is 57.8 Å². The maximum absolute atomic E-state index is 10.6. The largest absolute Gasteiger partial charge is 0.356 e. The van der Waals surface area contributed by atoms with E-state index in [1.54, 1.807) is 6.92 Å². The Hall–Kier alpha value is -0.790. The van der Waals surface area contributed by atoms with Crippen LogP contribution in [0.5, 0.6) is 0 Å². The molecule has 1 N–H and O–H groups in total. The van der Waals surface area contributed by atoms with Gasteiger partial charge in [0.15, 0.2) is 0 Å². The van der Waals surface area contributed by atoms with Crippen LogP contribution < -0.4 is 5.32 Å². The van der Waals surface area contributed by atoms with Gasteiger partial charge in [-0.05, 0) is 25.7 Å². The molecule has 0 radical (unpaired) electrons. The molecule has 0 fully saturated rings. The summed E-state index contributed by atoms with van der Waals surface area (Å²) < 4.78 is 0. The van der Waals surface area contributed by atoms with E-state index in [4.69, 9.17) is 0 Å². The Morgan fingerprint density at radius 2 is 1.44 bits per heavy atom. The number of nitrogens with one attached hydrogen (secondary N) is 1. The monoisotopic (exact) mass is 253 g/mol. The first-order chi connectivity index (χ1) is 8.77. The third-order valence-electron chi connectivity index (χ3n) is 3.06. The van der Waals surface area contributed by atoms with Crippen LogP contribution in [-0.4, -0.2) is 12.5 Å². The highest BCUT2D eigenvalue weighted by Gasteiger charge is 1.92. The highest BCUT2D eigenvalue weighted by molar-refractivity contribution is 5.72.